The molecule has 2 rings (SSSR count). The van der Waals surface area contributed by atoms with E-state index in [0.29, 0.717) is 21.2 Å². The first-order valence-electron chi connectivity index (χ1n) is 8.23. The largest absolute Gasteiger partial charge is 0.361 e. The maximum Gasteiger partial charge on any atom is 0.269 e. The summed E-state index contributed by atoms with van der Waals surface area (Å²) >= 11 is 9.10. The second kappa shape index (κ2) is 10.2. The molecule has 132 valence electrons. The molecule has 1 aromatic carbocycles. The molecule has 24 heavy (non-hydrogen) atoms. The van der Waals surface area contributed by atoms with E-state index in [2.05, 4.69) is 30.0 Å². The van der Waals surface area contributed by atoms with Crippen LogP contribution in [0.2, 0.25) is 0 Å². The van der Waals surface area contributed by atoms with Crippen molar-refractivity contribution < 1.29 is 4.79 Å². The van der Waals surface area contributed by atoms with Crippen molar-refractivity contribution in [3.63, 3.8) is 0 Å². The van der Waals surface area contributed by atoms with E-state index in [-0.39, 0.29) is 5.91 Å². The summed E-state index contributed by atoms with van der Waals surface area (Å²) < 4.78 is 0.492. The van der Waals surface area contributed by atoms with Crippen molar-refractivity contribution in [1.29, 1.82) is 0 Å². The zero-order chi connectivity index (χ0) is 17.4. The molecule has 1 heterocycles. The fraction of sp³-hybridized carbons (Fsp3) is 0.529. The number of carbonyl (C=O) groups is 1. The predicted molar refractivity (Wildman–Crippen MR) is 109 cm³/mol. The van der Waals surface area contributed by atoms with Crippen LogP contribution in [0.1, 0.15) is 47.2 Å². The highest BCUT2D eigenvalue weighted by Crippen LogP contribution is 2.43. The smallest absolute Gasteiger partial charge is 0.269 e. The number of thiocarbonyl (C=S) groups is 1. The summed E-state index contributed by atoms with van der Waals surface area (Å²) in [6.07, 6.45) is 2.32. The molecule has 0 radical (unpaired) electrons. The van der Waals surface area contributed by atoms with Gasteiger partial charge in [-0.25, -0.2) is 0 Å². The molecule has 0 bridgehead atoms. The van der Waals surface area contributed by atoms with Crippen molar-refractivity contribution in [2.45, 2.75) is 31.3 Å². The van der Waals surface area contributed by atoms with Gasteiger partial charge in [0.25, 0.3) is 5.91 Å². The third-order valence-electron chi connectivity index (χ3n) is 3.57. The standard InChI is InChI=1S/C17H25N3OS3/c1-12(2)8-9-18-17(22)20-19-15(21)13-4-6-14(7-5-13)16-23-10-3-11-24-16/h4-7,12,16H,3,8-11H2,1-2H3,(H,19,21)(H2,18,20,22). The second-order valence-electron chi connectivity index (χ2n) is 6.07. The van der Waals surface area contributed by atoms with Crippen molar-refractivity contribution in [3.8, 4) is 0 Å². The molecule has 1 amide bonds. The van der Waals surface area contributed by atoms with Crippen molar-refractivity contribution in [3.05, 3.63) is 35.4 Å². The number of rotatable bonds is 5. The molecular formula is C17H25N3OS3. The molecule has 0 atom stereocenters. The van der Waals surface area contributed by atoms with Crippen LogP contribution in [-0.4, -0.2) is 29.1 Å². The summed E-state index contributed by atoms with van der Waals surface area (Å²) in [5.41, 5.74) is 7.28. The zero-order valence-corrected chi connectivity index (χ0v) is 16.6. The van der Waals surface area contributed by atoms with Crippen LogP contribution in [0.15, 0.2) is 24.3 Å². The second-order valence-corrected chi connectivity index (χ2v) is 9.20. The average Bonchev–Trinajstić information content (AvgIpc) is 2.60. The molecule has 7 heteroatoms. The van der Waals surface area contributed by atoms with Crippen molar-refractivity contribution in [2.24, 2.45) is 5.92 Å². The highest BCUT2D eigenvalue weighted by atomic mass is 32.2. The van der Waals surface area contributed by atoms with E-state index in [1.807, 2.05) is 47.8 Å². The number of hydrogen-bond donors (Lipinski definition) is 3. The molecule has 1 aliphatic heterocycles. The first kappa shape index (κ1) is 19.4. The summed E-state index contributed by atoms with van der Waals surface area (Å²) in [6, 6.07) is 7.84. The predicted octanol–water partition coefficient (Wildman–Crippen LogP) is 3.71. The molecule has 1 fully saturated rings. The Balaban J connectivity index is 1.76. The minimum atomic E-state index is -0.182. The summed E-state index contributed by atoms with van der Waals surface area (Å²) in [5, 5.41) is 3.51. The fourth-order valence-corrected chi connectivity index (χ4v) is 5.22. The normalized spacial score (nSPS) is 15.1. The average molecular weight is 384 g/mol. The molecule has 1 aliphatic rings. The molecular weight excluding hydrogens is 358 g/mol. The van der Waals surface area contributed by atoms with Crippen LogP contribution in [0.4, 0.5) is 0 Å². The number of nitrogens with one attached hydrogen (secondary N) is 3. The zero-order valence-electron chi connectivity index (χ0n) is 14.1. The monoisotopic (exact) mass is 383 g/mol. The summed E-state index contributed by atoms with van der Waals surface area (Å²) in [4.78, 5) is 12.1. The Bertz CT molecular complexity index is 543. The lowest BCUT2D eigenvalue weighted by Gasteiger charge is -2.21. The Hall–Kier alpha value is -0.920. The van der Waals surface area contributed by atoms with Crippen LogP contribution < -0.4 is 16.2 Å². The third kappa shape index (κ3) is 6.53. The van der Waals surface area contributed by atoms with Crippen molar-refractivity contribution >= 4 is 46.8 Å². The maximum absolute atomic E-state index is 12.1. The summed E-state index contributed by atoms with van der Waals surface area (Å²) in [6.45, 7) is 5.12. The number of thioether (sulfide) groups is 2. The van der Waals surface area contributed by atoms with Gasteiger partial charge in [0.2, 0.25) is 0 Å². The lowest BCUT2D eigenvalue weighted by molar-refractivity contribution is 0.0943. The third-order valence-corrected chi connectivity index (χ3v) is 6.83. The Morgan fingerprint density at radius 1 is 1.21 bits per heavy atom. The summed E-state index contributed by atoms with van der Waals surface area (Å²) in [7, 11) is 0. The molecule has 4 nitrogen and oxygen atoms in total. The van der Waals surface area contributed by atoms with E-state index in [0.717, 1.165) is 13.0 Å². The van der Waals surface area contributed by atoms with Crippen LogP contribution >= 0.6 is 35.7 Å². The van der Waals surface area contributed by atoms with E-state index in [1.54, 1.807) is 0 Å². The van der Waals surface area contributed by atoms with Gasteiger partial charge >= 0.3 is 0 Å². The van der Waals surface area contributed by atoms with Gasteiger partial charge in [0.05, 0.1) is 4.58 Å². The van der Waals surface area contributed by atoms with Gasteiger partial charge in [-0.15, -0.1) is 23.5 Å². The molecule has 1 saturated heterocycles. The quantitative estimate of drug-likeness (QED) is 0.532. The van der Waals surface area contributed by atoms with E-state index in [1.165, 1.54) is 23.5 Å². The Morgan fingerprint density at radius 3 is 2.50 bits per heavy atom. The van der Waals surface area contributed by atoms with Crippen LogP contribution in [0.5, 0.6) is 0 Å². The first-order valence-corrected chi connectivity index (χ1v) is 10.7. The molecule has 1 aromatic rings. The Kier molecular flexibility index (Phi) is 8.21. The minimum absolute atomic E-state index is 0.182. The van der Waals surface area contributed by atoms with Crippen LogP contribution in [0, 0.1) is 5.92 Å². The Labute approximate surface area is 158 Å². The molecule has 3 N–H and O–H groups in total. The lowest BCUT2D eigenvalue weighted by Crippen LogP contribution is -2.47. The molecule has 0 aromatic heterocycles. The number of benzene rings is 1. The van der Waals surface area contributed by atoms with Gasteiger partial charge in [-0.3, -0.25) is 15.6 Å². The van der Waals surface area contributed by atoms with Gasteiger partial charge in [-0.1, -0.05) is 26.0 Å². The van der Waals surface area contributed by atoms with E-state index < -0.39 is 0 Å². The highest BCUT2D eigenvalue weighted by Gasteiger charge is 2.16. The molecule has 0 saturated carbocycles. The topological polar surface area (TPSA) is 53.2 Å². The summed E-state index contributed by atoms with van der Waals surface area (Å²) in [5.74, 6) is 2.86. The van der Waals surface area contributed by atoms with Crippen LogP contribution in [0.25, 0.3) is 0 Å². The number of hydrazine groups is 1. The van der Waals surface area contributed by atoms with E-state index >= 15 is 0 Å². The molecule has 0 aliphatic carbocycles. The van der Waals surface area contributed by atoms with Gasteiger partial charge in [-0.2, -0.15) is 0 Å². The number of hydrogen-bond acceptors (Lipinski definition) is 4. The number of carbonyl (C=O) groups excluding carboxylic acids is 1. The van der Waals surface area contributed by atoms with Gasteiger partial charge < -0.3 is 5.32 Å². The fourth-order valence-electron chi connectivity index (χ4n) is 2.18. The lowest BCUT2D eigenvalue weighted by atomic mass is 10.1. The molecule has 0 spiro atoms. The van der Waals surface area contributed by atoms with Crippen molar-refractivity contribution in [2.75, 3.05) is 18.1 Å². The van der Waals surface area contributed by atoms with Crippen LogP contribution in [-0.2, 0) is 0 Å². The van der Waals surface area contributed by atoms with Gasteiger partial charge in [0.15, 0.2) is 5.11 Å². The highest BCUT2D eigenvalue weighted by molar-refractivity contribution is 8.16. The maximum atomic E-state index is 12.1. The SMILES string of the molecule is CC(C)CCNC(=S)NNC(=O)c1ccc(C2SCCCS2)cc1. The molecule has 0 unspecified atom stereocenters. The van der Waals surface area contributed by atoms with E-state index in [4.69, 9.17) is 12.2 Å². The number of amides is 1. The van der Waals surface area contributed by atoms with Gasteiger partial charge in [0, 0.05) is 12.1 Å². The Morgan fingerprint density at radius 2 is 1.88 bits per heavy atom. The van der Waals surface area contributed by atoms with Gasteiger partial charge in [-0.05, 0) is 60.2 Å². The van der Waals surface area contributed by atoms with E-state index in [9.17, 15) is 4.79 Å². The van der Waals surface area contributed by atoms with Gasteiger partial charge in [0.1, 0.15) is 0 Å². The minimum Gasteiger partial charge on any atom is -0.361 e. The van der Waals surface area contributed by atoms with Crippen molar-refractivity contribution in [1.82, 2.24) is 16.2 Å². The first-order chi connectivity index (χ1) is 11.6. The van der Waals surface area contributed by atoms with Crippen LogP contribution in [0.3, 0.4) is 0 Å².